The van der Waals surface area contributed by atoms with E-state index in [1.807, 2.05) is 53.2 Å². The molecule has 2 aromatic carbocycles. The van der Waals surface area contributed by atoms with Gasteiger partial charge >= 0.3 is 0 Å². The van der Waals surface area contributed by atoms with Gasteiger partial charge in [0.1, 0.15) is 0 Å². The summed E-state index contributed by atoms with van der Waals surface area (Å²) >= 11 is 12.4. The maximum Gasteiger partial charge on any atom is 0.0992 e. The fraction of sp³-hybridized carbons (Fsp3) is 0.0625. The van der Waals surface area contributed by atoms with Crippen molar-refractivity contribution in [3.8, 4) is 5.69 Å². The zero-order chi connectivity index (χ0) is 14.7. The van der Waals surface area contributed by atoms with Crippen LogP contribution in [0.3, 0.4) is 0 Å². The average molecular weight is 318 g/mol. The molecule has 106 valence electrons. The minimum Gasteiger partial charge on any atom is -0.379 e. The number of nitrogens with zero attached hydrogens (tertiary/aromatic N) is 2. The summed E-state index contributed by atoms with van der Waals surface area (Å²) in [4.78, 5) is 4.08. The normalized spacial score (nSPS) is 10.6. The lowest BCUT2D eigenvalue weighted by Gasteiger charge is -2.14. The maximum atomic E-state index is 6.20. The molecule has 5 heteroatoms. The standard InChI is InChI=1S/C16H13Cl2N3/c17-13-4-3-5-14(18)12(13)10-20-15-6-1-2-7-16(15)21-9-8-19-11-21/h1-9,11,20H,10H2. The monoisotopic (exact) mass is 317 g/mol. The topological polar surface area (TPSA) is 29.9 Å². The van der Waals surface area contributed by atoms with E-state index in [1.165, 1.54) is 0 Å². The summed E-state index contributed by atoms with van der Waals surface area (Å²) in [5, 5.41) is 4.71. The Bertz CT molecular complexity index is 719. The predicted molar refractivity (Wildman–Crippen MR) is 87.4 cm³/mol. The van der Waals surface area contributed by atoms with E-state index in [4.69, 9.17) is 23.2 Å². The molecule has 1 heterocycles. The van der Waals surface area contributed by atoms with Crippen LogP contribution in [0.1, 0.15) is 5.56 Å². The fourth-order valence-corrected chi connectivity index (χ4v) is 2.67. The highest BCUT2D eigenvalue weighted by Gasteiger charge is 2.07. The second-order valence-corrected chi connectivity index (χ2v) is 5.36. The summed E-state index contributed by atoms with van der Waals surface area (Å²) in [6, 6.07) is 13.5. The Hall–Kier alpha value is -1.97. The van der Waals surface area contributed by atoms with Crippen molar-refractivity contribution in [1.82, 2.24) is 9.55 Å². The number of imidazole rings is 1. The number of benzene rings is 2. The Kier molecular flexibility index (Phi) is 4.13. The summed E-state index contributed by atoms with van der Waals surface area (Å²) in [5.74, 6) is 0. The quantitative estimate of drug-likeness (QED) is 0.749. The molecule has 0 aliphatic carbocycles. The minimum absolute atomic E-state index is 0.560. The van der Waals surface area contributed by atoms with Gasteiger partial charge in [0, 0.05) is 34.5 Å². The van der Waals surface area contributed by atoms with Gasteiger partial charge in [0.25, 0.3) is 0 Å². The molecule has 3 nitrogen and oxygen atoms in total. The van der Waals surface area contributed by atoms with E-state index in [-0.39, 0.29) is 0 Å². The molecule has 0 spiro atoms. The number of anilines is 1. The third-order valence-corrected chi connectivity index (χ3v) is 3.91. The second-order valence-electron chi connectivity index (χ2n) is 4.54. The van der Waals surface area contributed by atoms with Crippen LogP contribution in [0.5, 0.6) is 0 Å². The van der Waals surface area contributed by atoms with Crippen molar-refractivity contribution in [2.45, 2.75) is 6.54 Å². The van der Waals surface area contributed by atoms with Gasteiger partial charge in [-0.05, 0) is 24.3 Å². The molecule has 0 unspecified atom stereocenters. The van der Waals surface area contributed by atoms with Gasteiger partial charge in [-0.2, -0.15) is 0 Å². The summed E-state index contributed by atoms with van der Waals surface area (Å²) in [6.45, 7) is 0.560. The fourth-order valence-electron chi connectivity index (χ4n) is 2.13. The molecule has 0 amide bonds. The van der Waals surface area contributed by atoms with Crippen molar-refractivity contribution in [3.63, 3.8) is 0 Å². The van der Waals surface area contributed by atoms with Crippen molar-refractivity contribution in [2.75, 3.05) is 5.32 Å². The third-order valence-electron chi connectivity index (χ3n) is 3.20. The highest BCUT2D eigenvalue weighted by molar-refractivity contribution is 6.36. The molecule has 1 aromatic heterocycles. The van der Waals surface area contributed by atoms with Gasteiger partial charge < -0.3 is 9.88 Å². The molecule has 0 aliphatic heterocycles. The lowest BCUT2D eigenvalue weighted by atomic mass is 10.2. The van der Waals surface area contributed by atoms with E-state index >= 15 is 0 Å². The SMILES string of the molecule is Clc1cccc(Cl)c1CNc1ccccc1-n1ccnc1. The first kappa shape index (κ1) is 14.0. The van der Waals surface area contributed by atoms with E-state index in [0.717, 1.165) is 16.9 Å². The number of para-hydroxylation sites is 2. The highest BCUT2D eigenvalue weighted by Crippen LogP contribution is 2.26. The molecular formula is C16H13Cl2N3. The van der Waals surface area contributed by atoms with Crippen molar-refractivity contribution >= 4 is 28.9 Å². The molecule has 21 heavy (non-hydrogen) atoms. The van der Waals surface area contributed by atoms with Gasteiger partial charge in [-0.3, -0.25) is 0 Å². The Morgan fingerprint density at radius 3 is 2.48 bits per heavy atom. The van der Waals surface area contributed by atoms with Crippen molar-refractivity contribution < 1.29 is 0 Å². The summed E-state index contributed by atoms with van der Waals surface area (Å²) in [6.07, 6.45) is 5.42. The first-order valence-corrected chi connectivity index (χ1v) is 7.25. The van der Waals surface area contributed by atoms with Crippen LogP contribution in [0.15, 0.2) is 61.2 Å². The zero-order valence-electron chi connectivity index (χ0n) is 11.1. The maximum absolute atomic E-state index is 6.20. The van der Waals surface area contributed by atoms with E-state index in [0.29, 0.717) is 16.6 Å². The Labute approximate surface area is 133 Å². The lowest BCUT2D eigenvalue weighted by Crippen LogP contribution is -2.04. The zero-order valence-corrected chi connectivity index (χ0v) is 12.6. The molecule has 0 aliphatic rings. The molecular weight excluding hydrogens is 305 g/mol. The molecule has 0 saturated heterocycles. The van der Waals surface area contributed by atoms with Crippen LogP contribution in [-0.4, -0.2) is 9.55 Å². The largest absolute Gasteiger partial charge is 0.379 e. The van der Waals surface area contributed by atoms with Crippen molar-refractivity contribution in [3.05, 3.63) is 76.8 Å². The van der Waals surface area contributed by atoms with Crippen LogP contribution in [0.25, 0.3) is 5.69 Å². The molecule has 0 bridgehead atoms. The summed E-state index contributed by atoms with van der Waals surface area (Å²) in [7, 11) is 0. The molecule has 0 atom stereocenters. The summed E-state index contributed by atoms with van der Waals surface area (Å²) in [5.41, 5.74) is 2.91. The Balaban J connectivity index is 1.86. The van der Waals surface area contributed by atoms with Gasteiger partial charge in [0.2, 0.25) is 0 Å². The number of nitrogens with one attached hydrogen (secondary N) is 1. The first-order valence-electron chi connectivity index (χ1n) is 6.50. The number of aromatic nitrogens is 2. The van der Waals surface area contributed by atoms with Gasteiger partial charge in [0.15, 0.2) is 0 Å². The average Bonchev–Trinajstić information content (AvgIpc) is 3.01. The van der Waals surface area contributed by atoms with Crippen LogP contribution in [0.2, 0.25) is 10.0 Å². The lowest BCUT2D eigenvalue weighted by molar-refractivity contribution is 1.04. The number of hydrogen-bond acceptors (Lipinski definition) is 2. The van der Waals surface area contributed by atoms with E-state index in [1.54, 1.807) is 12.5 Å². The molecule has 0 radical (unpaired) electrons. The smallest absolute Gasteiger partial charge is 0.0992 e. The van der Waals surface area contributed by atoms with E-state index < -0.39 is 0 Å². The molecule has 1 N–H and O–H groups in total. The second kappa shape index (κ2) is 6.20. The van der Waals surface area contributed by atoms with Crippen molar-refractivity contribution in [2.24, 2.45) is 0 Å². The van der Waals surface area contributed by atoms with Crippen LogP contribution < -0.4 is 5.32 Å². The van der Waals surface area contributed by atoms with Gasteiger partial charge in [0.05, 0.1) is 17.7 Å². The number of rotatable bonds is 4. The summed E-state index contributed by atoms with van der Waals surface area (Å²) < 4.78 is 1.95. The van der Waals surface area contributed by atoms with E-state index in [2.05, 4.69) is 10.3 Å². The van der Waals surface area contributed by atoms with Gasteiger partial charge in [-0.15, -0.1) is 0 Å². The van der Waals surface area contributed by atoms with Crippen LogP contribution in [0, 0.1) is 0 Å². The van der Waals surface area contributed by atoms with Gasteiger partial charge in [-0.25, -0.2) is 4.98 Å². The first-order chi connectivity index (χ1) is 10.3. The molecule has 0 fully saturated rings. The Morgan fingerprint density at radius 1 is 1.00 bits per heavy atom. The van der Waals surface area contributed by atoms with Crippen LogP contribution in [0.4, 0.5) is 5.69 Å². The molecule has 3 aromatic rings. The number of halogens is 2. The number of hydrogen-bond donors (Lipinski definition) is 1. The van der Waals surface area contributed by atoms with Gasteiger partial charge in [-0.1, -0.05) is 41.4 Å². The van der Waals surface area contributed by atoms with Crippen LogP contribution >= 0.6 is 23.2 Å². The van der Waals surface area contributed by atoms with Crippen molar-refractivity contribution in [1.29, 1.82) is 0 Å². The van der Waals surface area contributed by atoms with Crippen LogP contribution in [-0.2, 0) is 6.54 Å². The molecule has 3 rings (SSSR count). The highest BCUT2D eigenvalue weighted by atomic mass is 35.5. The minimum atomic E-state index is 0.560. The predicted octanol–water partition coefficient (Wildman–Crippen LogP) is 4.79. The molecule has 0 saturated carbocycles. The third kappa shape index (κ3) is 3.04. The Morgan fingerprint density at radius 2 is 1.76 bits per heavy atom. The van der Waals surface area contributed by atoms with E-state index in [9.17, 15) is 0 Å².